The third kappa shape index (κ3) is 4.72. The van der Waals surface area contributed by atoms with E-state index in [1.54, 1.807) is 18.2 Å². The molecule has 0 bridgehead atoms. The number of ether oxygens (including phenoxy) is 1. The number of alkyl halides is 2. The fourth-order valence-corrected chi connectivity index (χ4v) is 4.03. The van der Waals surface area contributed by atoms with Crippen LogP contribution in [-0.4, -0.2) is 25.8 Å². The monoisotopic (exact) mass is 439 g/mol. The maximum Gasteiger partial charge on any atom is 0.387 e. The van der Waals surface area contributed by atoms with Crippen LogP contribution < -0.4 is 9.64 Å². The first-order valence-electron chi connectivity index (χ1n) is 10.8. The lowest BCUT2D eigenvalue weighted by Crippen LogP contribution is -2.11. The smallest absolute Gasteiger partial charge is 0.387 e. The summed E-state index contributed by atoms with van der Waals surface area (Å²) >= 11 is 0. The number of phenols is 1. The molecule has 0 aromatic heterocycles. The Bertz CT molecular complexity index is 1090. The largest absolute Gasteiger partial charge is 0.507 e. The van der Waals surface area contributed by atoms with E-state index in [9.17, 15) is 13.9 Å². The van der Waals surface area contributed by atoms with Crippen molar-refractivity contribution in [2.24, 2.45) is 0 Å². The summed E-state index contributed by atoms with van der Waals surface area (Å²) in [5.41, 5.74) is 5.67. The van der Waals surface area contributed by atoms with Crippen LogP contribution in [0.5, 0.6) is 11.5 Å². The van der Waals surface area contributed by atoms with Crippen molar-refractivity contribution >= 4 is 5.69 Å². The fourth-order valence-electron chi connectivity index (χ4n) is 4.03. The highest BCUT2D eigenvalue weighted by Gasteiger charge is 2.24. The Morgan fingerprint density at radius 1 is 0.812 bits per heavy atom. The molecule has 32 heavy (non-hydrogen) atoms. The van der Waals surface area contributed by atoms with Gasteiger partial charge in [0.05, 0.1) is 0 Å². The Hall–Kier alpha value is -3.08. The molecule has 0 amide bonds. The Morgan fingerprint density at radius 3 is 2.09 bits per heavy atom. The van der Waals surface area contributed by atoms with Gasteiger partial charge in [-0.15, -0.1) is 0 Å². The molecule has 0 saturated heterocycles. The minimum atomic E-state index is -2.97. The molecule has 3 nitrogen and oxygen atoms in total. The second kappa shape index (κ2) is 9.60. The van der Waals surface area contributed by atoms with E-state index >= 15 is 0 Å². The predicted molar refractivity (Wildman–Crippen MR) is 128 cm³/mol. The van der Waals surface area contributed by atoms with Gasteiger partial charge in [-0.05, 0) is 52.8 Å². The van der Waals surface area contributed by atoms with Crippen LogP contribution in [-0.2, 0) is 0 Å². The van der Waals surface area contributed by atoms with Crippen LogP contribution in [0.25, 0.3) is 22.3 Å². The molecule has 0 fully saturated rings. The van der Waals surface area contributed by atoms with E-state index < -0.39 is 6.61 Å². The Labute approximate surface area is 189 Å². The zero-order chi connectivity index (χ0) is 23.6. The summed E-state index contributed by atoms with van der Waals surface area (Å²) in [6.07, 6.45) is 0. The third-order valence-corrected chi connectivity index (χ3v) is 5.65. The number of rotatable bonds is 7. The summed E-state index contributed by atoms with van der Waals surface area (Å²) in [5, 5.41) is 11.1. The molecule has 3 rings (SSSR count). The number of hydrogen-bond acceptors (Lipinski definition) is 3. The van der Waals surface area contributed by atoms with E-state index in [4.69, 9.17) is 4.74 Å². The molecule has 0 heterocycles. The van der Waals surface area contributed by atoms with Crippen molar-refractivity contribution in [1.29, 1.82) is 0 Å². The van der Waals surface area contributed by atoms with Gasteiger partial charge in [0, 0.05) is 36.5 Å². The fraction of sp³-hybridized carbons (Fsp3) is 0.333. The molecule has 3 aromatic carbocycles. The number of benzene rings is 3. The number of anilines is 1. The number of aromatic hydroxyl groups is 1. The van der Waals surface area contributed by atoms with Crippen molar-refractivity contribution in [2.75, 3.05) is 19.0 Å². The van der Waals surface area contributed by atoms with Gasteiger partial charge >= 0.3 is 6.61 Å². The van der Waals surface area contributed by atoms with Crippen LogP contribution in [0, 0.1) is 0 Å². The molecule has 170 valence electrons. The van der Waals surface area contributed by atoms with Gasteiger partial charge in [0.25, 0.3) is 0 Å². The maximum atomic E-state index is 13.3. The molecule has 0 atom stereocenters. The zero-order valence-corrected chi connectivity index (χ0v) is 19.5. The van der Waals surface area contributed by atoms with E-state index in [-0.39, 0.29) is 23.3 Å². The van der Waals surface area contributed by atoms with Crippen LogP contribution in [0.4, 0.5) is 14.5 Å². The second-order valence-corrected chi connectivity index (χ2v) is 8.78. The van der Waals surface area contributed by atoms with E-state index in [1.807, 2.05) is 69.2 Å². The third-order valence-electron chi connectivity index (χ3n) is 5.65. The number of para-hydroxylation sites is 1. The highest BCUT2D eigenvalue weighted by molar-refractivity contribution is 5.96. The summed E-state index contributed by atoms with van der Waals surface area (Å²) in [7, 11) is 3.92. The standard InChI is InChI=1S/C27H31F2NO2/c1-16(2)18-11-14-24(32-27(28)29)21(15-18)26-23(31)13-12-19(17(3)4)25(26)20-9-7-8-10-22(20)30(5)6/h7-17,27,31H,1-6H3. The Kier molecular flexibility index (Phi) is 7.07. The molecule has 5 heteroatoms. The van der Waals surface area contributed by atoms with Gasteiger partial charge in [-0.25, -0.2) is 0 Å². The van der Waals surface area contributed by atoms with Crippen LogP contribution in [0.1, 0.15) is 50.7 Å². The quantitative estimate of drug-likeness (QED) is 0.410. The molecule has 0 aliphatic rings. The summed E-state index contributed by atoms with van der Waals surface area (Å²) in [6, 6.07) is 16.7. The molecular formula is C27H31F2NO2. The van der Waals surface area contributed by atoms with Gasteiger partial charge in [0.15, 0.2) is 0 Å². The molecule has 3 aromatic rings. The SMILES string of the molecule is CC(C)c1ccc(OC(F)F)c(-c2c(O)ccc(C(C)C)c2-c2ccccc2N(C)C)c1. The maximum absolute atomic E-state index is 13.3. The van der Waals surface area contributed by atoms with E-state index in [0.717, 1.165) is 27.9 Å². The van der Waals surface area contributed by atoms with Crippen molar-refractivity contribution < 1.29 is 18.6 Å². The van der Waals surface area contributed by atoms with Gasteiger partial charge in [-0.2, -0.15) is 8.78 Å². The molecule has 1 N–H and O–H groups in total. The number of halogens is 2. The molecule has 0 aliphatic carbocycles. The highest BCUT2D eigenvalue weighted by atomic mass is 19.3. The lowest BCUT2D eigenvalue weighted by Gasteiger charge is -2.25. The molecule has 0 saturated carbocycles. The number of nitrogens with zero attached hydrogens (tertiary/aromatic N) is 1. The molecule has 0 radical (unpaired) electrons. The van der Waals surface area contributed by atoms with Crippen LogP contribution in [0.2, 0.25) is 0 Å². The van der Waals surface area contributed by atoms with Gasteiger partial charge in [-0.3, -0.25) is 0 Å². The average molecular weight is 440 g/mol. The van der Waals surface area contributed by atoms with Crippen molar-refractivity contribution in [1.82, 2.24) is 0 Å². The summed E-state index contributed by atoms with van der Waals surface area (Å²) < 4.78 is 31.5. The van der Waals surface area contributed by atoms with Gasteiger partial charge < -0.3 is 14.7 Å². The van der Waals surface area contributed by atoms with Crippen LogP contribution in [0.3, 0.4) is 0 Å². The van der Waals surface area contributed by atoms with Crippen LogP contribution in [0.15, 0.2) is 54.6 Å². The molecular weight excluding hydrogens is 408 g/mol. The summed E-state index contributed by atoms with van der Waals surface area (Å²) in [6.45, 7) is 5.28. The predicted octanol–water partition coefficient (Wildman–Crippen LogP) is 7.64. The number of phenolic OH excluding ortho intramolecular Hbond substituents is 1. The zero-order valence-electron chi connectivity index (χ0n) is 19.5. The minimum absolute atomic E-state index is 0.0259. The van der Waals surface area contributed by atoms with E-state index in [2.05, 4.69) is 13.8 Å². The van der Waals surface area contributed by atoms with Gasteiger partial charge in [0.1, 0.15) is 11.5 Å². The lowest BCUT2D eigenvalue weighted by molar-refractivity contribution is -0.0494. The number of hydrogen-bond donors (Lipinski definition) is 1. The van der Waals surface area contributed by atoms with E-state index in [1.165, 1.54) is 0 Å². The minimum Gasteiger partial charge on any atom is -0.507 e. The average Bonchev–Trinajstić information content (AvgIpc) is 2.73. The first kappa shape index (κ1) is 23.6. The Balaban J connectivity index is 2.46. The van der Waals surface area contributed by atoms with Crippen molar-refractivity contribution in [2.45, 2.75) is 46.1 Å². The molecule has 0 spiro atoms. The highest BCUT2D eigenvalue weighted by Crippen LogP contribution is 2.49. The summed E-state index contributed by atoms with van der Waals surface area (Å²) in [4.78, 5) is 2.01. The van der Waals surface area contributed by atoms with Crippen LogP contribution >= 0.6 is 0 Å². The Morgan fingerprint density at radius 2 is 1.50 bits per heavy atom. The summed E-state index contributed by atoms with van der Waals surface area (Å²) in [5.74, 6) is 0.400. The van der Waals surface area contributed by atoms with Gasteiger partial charge in [-0.1, -0.05) is 58.0 Å². The molecule has 0 aliphatic heterocycles. The molecule has 0 unspecified atom stereocenters. The topological polar surface area (TPSA) is 32.7 Å². The van der Waals surface area contributed by atoms with Gasteiger partial charge in [0.2, 0.25) is 0 Å². The lowest BCUT2D eigenvalue weighted by atomic mass is 9.84. The second-order valence-electron chi connectivity index (χ2n) is 8.78. The van der Waals surface area contributed by atoms with Crippen molar-refractivity contribution in [3.05, 3.63) is 65.7 Å². The first-order chi connectivity index (χ1) is 15.1. The van der Waals surface area contributed by atoms with E-state index in [0.29, 0.717) is 11.1 Å². The normalized spacial score (nSPS) is 11.5. The first-order valence-corrected chi connectivity index (χ1v) is 10.8. The van der Waals surface area contributed by atoms with Crippen molar-refractivity contribution in [3.63, 3.8) is 0 Å². The van der Waals surface area contributed by atoms with Crippen molar-refractivity contribution in [3.8, 4) is 33.8 Å².